The van der Waals surface area contributed by atoms with Gasteiger partial charge < -0.3 is 20.1 Å². The normalized spacial score (nSPS) is 18.3. The van der Waals surface area contributed by atoms with Crippen molar-refractivity contribution in [1.82, 2.24) is 15.6 Å². The van der Waals surface area contributed by atoms with Crippen molar-refractivity contribution in [3.05, 3.63) is 48.2 Å². The summed E-state index contributed by atoms with van der Waals surface area (Å²) in [6.45, 7) is 5.50. The van der Waals surface area contributed by atoms with E-state index in [1.807, 2.05) is 43.3 Å². The number of benzene rings is 1. The number of hydrogen-bond acceptors (Lipinski definition) is 4. The average molecular weight is 482 g/mol. The minimum Gasteiger partial charge on any atom is -0.494 e. The van der Waals surface area contributed by atoms with Crippen molar-refractivity contribution in [2.75, 3.05) is 13.7 Å². The van der Waals surface area contributed by atoms with E-state index < -0.39 is 0 Å². The Balaban J connectivity index is 0.00000261. The van der Waals surface area contributed by atoms with Crippen LogP contribution in [0.4, 0.5) is 0 Å². The molecular weight excluding hydrogens is 455 g/mol. The number of pyridine rings is 1. The smallest absolute Gasteiger partial charge is 0.219 e. The van der Waals surface area contributed by atoms with E-state index in [-0.39, 0.29) is 24.0 Å². The Labute approximate surface area is 177 Å². The largest absolute Gasteiger partial charge is 0.494 e. The van der Waals surface area contributed by atoms with E-state index in [0.29, 0.717) is 25.1 Å². The summed E-state index contributed by atoms with van der Waals surface area (Å²) in [7, 11) is 1.79. The van der Waals surface area contributed by atoms with Crippen molar-refractivity contribution < 1.29 is 9.47 Å². The number of ether oxygens (including phenoxy) is 2. The van der Waals surface area contributed by atoms with Gasteiger partial charge in [0.25, 0.3) is 0 Å². The molecule has 2 aromatic rings. The molecule has 0 bridgehead atoms. The van der Waals surface area contributed by atoms with Gasteiger partial charge in [0, 0.05) is 31.9 Å². The lowest BCUT2D eigenvalue weighted by atomic mass is 10.2. The number of rotatable bonds is 7. The number of nitrogens with one attached hydrogen (secondary N) is 2. The van der Waals surface area contributed by atoms with Crippen molar-refractivity contribution in [1.29, 1.82) is 0 Å². The molecule has 6 nitrogen and oxygen atoms in total. The number of aliphatic imine (C=N–C) groups is 1. The maximum absolute atomic E-state index is 5.83. The van der Waals surface area contributed by atoms with E-state index >= 15 is 0 Å². The van der Waals surface area contributed by atoms with Crippen LogP contribution < -0.4 is 20.1 Å². The van der Waals surface area contributed by atoms with Crippen molar-refractivity contribution in [2.45, 2.75) is 32.9 Å². The highest BCUT2D eigenvalue weighted by atomic mass is 127. The van der Waals surface area contributed by atoms with Gasteiger partial charge in [-0.15, -0.1) is 24.0 Å². The second-order valence-electron chi connectivity index (χ2n) is 6.40. The van der Waals surface area contributed by atoms with Crippen LogP contribution in [-0.2, 0) is 6.54 Å². The van der Waals surface area contributed by atoms with Crippen molar-refractivity contribution >= 4 is 29.9 Å². The summed E-state index contributed by atoms with van der Waals surface area (Å²) < 4.78 is 11.3. The molecule has 0 spiro atoms. The highest BCUT2D eigenvalue weighted by Gasteiger charge is 2.33. The zero-order chi connectivity index (χ0) is 18.4. The van der Waals surface area contributed by atoms with E-state index in [1.54, 1.807) is 13.2 Å². The number of aromatic nitrogens is 1. The number of nitrogens with zero attached hydrogens (tertiary/aromatic N) is 2. The summed E-state index contributed by atoms with van der Waals surface area (Å²) in [5, 5.41) is 6.74. The van der Waals surface area contributed by atoms with Gasteiger partial charge in [0.05, 0.1) is 6.61 Å². The van der Waals surface area contributed by atoms with Gasteiger partial charge in [-0.2, -0.15) is 0 Å². The quantitative estimate of drug-likeness (QED) is 0.355. The summed E-state index contributed by atoms with van der Waals surface area (Å²) in [4.78, 5) is 8.55. The zero-order valence-corrected chi connectivity index (χ0v) is 18.3. The van der Waals surface area contributed by atoms with Crippen LogP contribution in [0.25, 0.3) is 0 Å². The molecule has 7 heteroatoms. The summed E-state index contributed by atoms with van der Waals surface area (Å²) in [5.41, 5.74) is 1.08. The van der Waals surface area contributed by atoms with Gasteiger partial charge in [0.2, 0.25) is 5.88 Å². The molecule has 1 fully saturated rings. The van der Waals surface area contributed by atoms with Crippen LogP contribution in [0.5, 0.6) is 17.4 Å². The highest BCUT2D eigenvalue weighted by Crippen LogP contribution is 2.28. The standard InChI is InChI=1S/C20H26N4O2.HI/c1-4-25-16-5-7-17(8-6-16)26-19-12-15(9-10-22-19)13-23-20(21-3)24-18-11-14(18)2;/h5-10,12,14,18H,4,11,13H2,1-3H3,(H2,21,23,24);1H. The molecule has 0 radical (unpaired) electrons. The average Bonchev–Trinajstić information content (AvgIpc) is 3.35. The molecule has 2 atom stereocenters. The van der Waals surface area contributed by atoms with Gasteiger partial charge in [-0.25, -0.2) is 4.98 Å². The first-order chi connectivity index (χ1) is 12.7. The lowest BCUT2D eigenvalue weighted by Crippen LogP contribution is -2.38. The number of guanidine groups is 1. The molecule has 1 heterocycles. The fraction of sp³-hybridized carbons (Fsp3) is 0.400. The fourth-order valence-electron chi connectivity index (χ4n) is 2.59. The first-order valence-electron chi connectivity index (χ1n) is 9.00. The molecule has 1 aliphatic carbocycles. The maximum atomic E-state index is 5.83. The molecule has 146 valence electrons. The molecule has 1 aromatic carbocycles. The van der Waals surface area contributed by atoms with E-state index in [0.717, 1.165) is 28.9 Å². The third-order valence-corrected chi connectivity index (χ3v) is 4.27. The van der Waals surface area contributed by atoms with E-state index in [2.05, 4.69) is 27.5 Å². The lowest BCUT2D eigenvalue weighted by molar-refractivity contribution is 0.339. The molecular formula is C20H27IN4O2. The van der Waals surface area contributed by atoms with Crippen LogP contribution in [0.2, 0.25) is 0 Å². The predicted octanol–water partition coefficient (Wildman–Crippen LogP) is 3.96. The van der Waals surface area contributed by atoms with Crippen LogP contribution in [0.1, 0.15) is 25.8 Å². The third kappa shape index (κ3) is 6.57. The second kappa shape index (κ2) is 10.3. The second-order valence-corrected chi connectivity index (χ2v) is 6.40. The molecule has 1 saturated carbocycles. The van der Waals surface area contributed by atoms with Gasteiger partial charge in [-0.1, -0.05) is 6.92 Å². The first-order valence-corrected chi connectivity index (χ1v) is 9.00. The topological polar surface area (TPSA) is 67.8 Å². The summed E-state index contributed by atoms with van der Waals surface area (Å²) in [5.74, 6) is 3.67. The van der Waals surface area contributed by atoms with Gasteiger partial charge in [0.15, 0.2) is 5.96 Å². The van der Waals surface area contributed by atoms with Gasteiger partial charge >= 0.3 is 0 Å². The Kier molecular flexibility index (Phi) is 8.15. The molecule has 1 aromatic heterocycles. The molecule has 1 aliphatic rings. The maximum Gasteiger partial charge on any atom is 0.219 e. The van der Waals surface area contributed by atoms with Crippen LogP contribution >= 0.6 is 24.0 Å². The minimum absolute atomic E-state index is 0. The van der Waals surface area contributed by atoms with Crippen molar-refractivity contribution in [3.8, 4) is 17.4 Å². The van der Waals surface area contributed by atoms with Crippen LogP contribution in [0.15, 0.2) is 47.6 Å². The van der Waals surface area contributed by atoms with E-state index in [1.165, 1.54) is 6.42 Å². The summed E-state index contributed by atoms with van der Waals surface area (Å²) in [6, 6.07) is 12.0. The van der Waals surface area contributed by atoms with Gasteiger partial charge in [-0.05, 0) is 55.2 Å². The Hall–Kier alpha value is -2.03. The van der Waals surface area contributed by atoms with E-state index in [4.69, 9.17) is 9.47 Å². The zero-order valence-electron chi connectivity index (χ0n) is 15.9. The van der Waals surface area contributed by atoms with Crippen molar-refractivity contribution in [3.63, 3.8) is 0 Å². The van der Waals surface area contributed by atoms with Gasteiger partial charge in [-0.3, -0.25) is 4.99 Å². The first kappa shape index (κ1) is 21.3. The summed E-state index contributed by atoms with van der Waals surface area (Å²) >= 11 is 0. The van der Waals surface area contributed by atoms with Crippen LogP contribution in [0.3, 0.4) is 0 Å². The number of halogens is 1. The monoisotopic (exact) mass is 482 g/mol. The van der Waals surface area contributed by atoms with Crippen LogP contribution in [0, 0.1) is 5.92 Å². The molecule has 2 unspecified atom stereocenters. The van der Waals surface area contributed by atoms with Crippen LogP contribution in [-0.4, -0.2) is 30.6 Å². The molecule has 0 saturated heterocycles. The minimum atomic E-state index is 0. The van der Waals surface area contributed by atoms with E-state index in [9.17, 15) is 0 Å². The number of hydrogen-bond donors (Lipinski definition) is 2. The van der Waals surface area contributed by atoms with Gasteiger partial charge in [0.1, 0.15) is 11.5 Å². The SMILES string of the molecule is CCOc1ccc(Oc2cc(CNC(=NC)NC3CC3C)ccn2)cc1.I. The molecule has 2 N–H and O–H groups in total. The molecule has 0 aliphatic heterocycles. The summed E-state index contributed by atoms with van der Waals surface area (Å²) in [6.07, 6.45) is 2.95. The Morgan fingerprint density at radius 3 is 2.56 bits per heavy atom. The third-order valence-electron chi connectivity index (χ3n) is 4.27. The Morgan fingerprint density at radius 1 is 1.22 bits per heavy atom. The lowest BCUT2D eigenvalue weighted by Gasteiger charge is -2.12. The fourth-order valence-corrected chi connectivity index (χ4v) is 2.59. The predicted molar refractivity (Wildman–Crippen MR) is 118 cm³/mol. The Bertz CT molecular complexity index is 752. The molecule has 0 amide bonds. The molecule has 27 heavy (non-hydrogen) atoms. The molecule has 3 rings (SSSR count). The van der Waals surface area contributed by atoms with Crippen molar-refractivity contribution in [2.24, 2.45) is 10.9 Å². The Morgan fingerprint density at radius 2 is 1.93 bits per heavy atom. The highest BCUT2D eigenvalue weighted by molar-refractivity contribution is 14.0.